The van der Waals surface area contributed by atoms with Crippen molar-refractivity contribution in [2.24, 2.45) is 0 Å². The maximum absolute atomic E-state index is 5.77. The third-order valence-corrected chi connectivity index (χ3v) is 2.98. The van der Waals surface area contributed by atoms with Crippen LogP contribution in [0.25, 0.3) is 0 Å². The van der Waals surface area contributed by atoms with Crippen LogP contribution in [0.3, 0.4) is 0 Å². The Kier molecular flexibility index (Phi) is 3.42. The highest BCUT2D eigenvalue weighted by molar-refractivity contribution is 4.84. The van der Waals surface area contributed by atoms with Crippen molar-refractivity contribution in [3.8, 4) is 0 Å². The van der Waals surface area contributed by atoms with Crippen LogP contribution in [0.2, 0.25) is 0 Å². The zero-order valence-electron chi connectivity index (χ0n) is 9.24. The summed E-state index contributed by atoms with van der Waals surface area (Å²) in [7, 11) is 0. The molecule has 2 atom stereocenters. The Morgan fingerprint density at radius 2 is 1.93 bits per heavy atom. The van der Waals surface area contributed by atoms with Gasteiger partial charge in [0.25, 0.3) is 0 Å². The van der Waals surface area contributed by atoms with E-state index in [1.165, 1.54) is 12.8 Å². The van der Waals surface area contributed by atoms with E-state index in [1.54, 1.807) is 0 Å². The molecule has 0 N–H and O–H groups in total. The van der Waals surface area contributed by atoms with Gasteiger partial charge < -0.3 is 9.47 Å². The molecule has 3 heteroatoms. The quantitative estimate of drug-likeness (QED) is 0.680. The number of fused-ring (bicyclic) bond motifs is 2. The lowest BCUT2D eigenvalue weighted by Crippen LogP contribution is -2.44. The average molecular weight is 199 g/mol. The lowest BCUT2D eigenvalue weighted by molar-refractivity contribution is -0.0483. The lowest BCUT2D eigenvalue weighted by atomic mass is 10.2. The van der Waals surface area contributed by atoms with Gasteiger partial charge in [0.15, 0.2) is 0 Å². The van der Waals surface area contributed by atoms with Crippen LogP contribution in [0.5, 0.6) is 0 Å². The van der Waals surface area contributed by atoms with Gasteiger partial charge in [-0.15, -0.1) is 0 Å². The fourth-order valence-corrected chi connectivity index (χ4v) is 2.30. The first-order chi connectivity index (χ1) is 6.74. The largest absolute Gasteiger partial charge is 0.377 e. The summed E-state index contributed by atoms with van der Waals surface area (Å²) < 4.78 is 11.3. The second-order valence-electron chi connectivity index (χ2n) is 4.64. The third kappa shape index (κ3) is 2.69. The summed E-state index contributed by atoms with van der Waals surface area (Å²) in [5, 5.41) is 0. The second kappa shape index (κ2) is 4.60. The molecule has 0 aromatic rings. The van der Waals surface area contributed by atoms with E-state index in [4.69, 9.17) is 9.47 Å². The van der Waals surface area contributed by atoms with Gasteiger partial charge in [0.1, 0.15) is 0 Å². The van der Waals surface area contributed by atoms with Crippen molar-refractivity contribution in [1.29, 1.82) is 0 Å². The standard InChI is InChI=1S/C11H21NO2/c1-9(2)13-6-5-12-7-10-3-4-11(8-12)14-10/h9-11H,3-8H2,1-2H3. The van der Waals surface area contributed by atoms with Crippen LogP contribution in [-0.2, 0) is 9.47 Å². The molecular formula is C11H21NO2. The normalized spacial score (nSPS) is 32.8. The lowest BCUT2D eigenvalue weighted by Gasteiger charge is -2.32. The number of morpholine rings is 1. The third-order valence-electron chi connectivity index (χ3n) is 2.98. The van der Waals surface area contributed by atoms with Gasteiger partial charge in [0.2, 0.25) is 0 Å². The van der Waals surface area contributed by atoms with Gasteiger partial charge in [-0.2, -0.15) is 0 Å². The average Bonchev–Trinajstić information content (AvgIpc) is 2.45. The topological polar surface area (TPSA) is 21.7 Å². The van der Waals surface area contributed by atoms with Gasteiger partial charge >= 0.3 is 0 Å². The molecule has 3 nitrogen and oxygen atoms in total. The Morgan fingerprint density at radius 3 is 2.50 bits per heavy atom. The van der Waals surface area contributed by atoms with Gasteiger partial charge in [0.05, 0.1) is 24.9 Å². The molecule has 2 bridgehead atoms. The van der Waals surface area contributed by atoms with Crippen molar-refractivity contribution in [3.63, 3.8) is 0 Å². The second-order valence-corrected chi connectivity index (χ2v) is 4.64. The van der Waals surface area contributed by atoms with E-state index in [9.17, 15) is 0 Å². The molecule has 14 heavy (non-hydrogen) atoms. The number of hydrogen-bond donors (Lipinski definition) is 0. The number of hydrogen-bond acceptors (Lipinski definition) is 3. The van der Waals surface area contributed by atoms with Gasteiger partial charge in [0, 0.05) is 19.6 Å². The number of nitrogens with zero attached hydrogens (tertiary/aromatic N) is 1. The van der Waals surface area contributed by atoms with Gasteiger partial charge in [-0.25, -0.2) is 0 Å². The van der Waals surface area contributed by atoms with Crippen LogP contribution in [-0.4, -0.2) is 49.5 Å². The van der Waals surface area contributed by atoms with E-state index in [1.807, 2.05) is 0 Å². The Labute approximate surface area is 86.4 Å². The van der Waals surface area contributed by atoms with Crippen LogP contribution < -0.4 is 0 Å². The zero-order valence-corrected chi connectivity index (χ0v) is 9.24. The summed E-state index contributed by atoms with van der Waals surface area (Å²) in [5.74, 6) is 0. The van der Waals surface area contributed by atoms with E-state index < -0.39 is 0 Å². The molecule has 0 spiro atoms. The highest BCUT2D eigenvalue weighted by Crippen LogP contribution is 2.25. The molecule has 2 fully saturated rings. The highest BCUT2D eigenvalue weighted by atomic mass is 16.5. The SMILES string of the molecule is CC(C)OCCN1CC2CCC(C1)O2. The maximum atomic E-state index is 5.77. The summed E-state index contributed by atoms with van der Waals surface area (Å²) in [4.78, 5) is 2.48. The van der Waals surface area contributed by atoms with Crippen LogP contribution in [0, 0.1) is 0 Å². The molecule has 2 unspecified atom stereocenters. The van der Waals surface area contributed by atoms with Crippen molar-refractivity contribution < 1.29 is 9.47 Å². The van der Waals surface area contributed by atoms with Crippen LogP contribution in [0.15, 0.2) is 0 Å². The highest BCUT2D eigenvalue weighted by Gasteiger charge is 2.33. The molecule has 2 saturated heterocycles. The summed E-state index contributed by atoms with van der Waals surface area (Å²) in [6, 6.07) is 0. The Morgan fingerprint density at radius 1 is 1.29 bits per heavy atom. The minimum Gasteiger partial charge on any atom is -0.377 e. The van der Waals surface area contributed by atoms with Crippen molar-refractivity contribution in [2.45, 2.75) is 45.0 Å². The molecule has 2 rings (SSSR count). The zero-order chi connectivity index (χ0) is 9.97. The van der Waals surface area contributed by atoms with Crippen molar-refractivity contribution in [2.75, 3.05) is 26.2 Å². The molecule has 2 aliphatic heterocycles. The van der Waals surface area contributed by atoms with E-state index in [-0.39, 0.29) is 0 Å². The Hall–Kier alpha value is -0.120. The molecular weight excluding hydrogens is 178 g/mol. The number of rotatable bonds is 4. The fraction of sp³-hybridized carbons (Fsp3) is 1.00. The minimum atomic E-state index is 0.354. The first-order valence-corrected chi connectivity index (χ1v) is 5.73. The summed E-state index contributed by atoms with van der Waals surface area (Å²) in [6.07, 6.45) is 3.88. The first kappa shape index (κ1) is 10.4. The minimum absolute atomic E-state index is 0.354. The monoisotopic (exact) mass is 199 g/mol. The predicted molar refractivity (Wildman–Crippen MR) is 55.4 cm³/mol. The fourth-order valence-electron chi connectivity index (χ4n) is 2.30. The maximum Gasteiger partial charge on any atom is 0.0707 e. The molecule has 82 valence electrons. The molecule has 0 amide bonds. The van der Waals surface area contributed by atoms with Crippen LogP contribution >= 0.6 is 0 Å². The van der Waals surface area contributed by atoms with E-state index in [0.717, 1.165) is 26.2 Å². The van der Waals surface area contributed by atoms with Crippen molar-refractivity contribution in [3.05, 3.63) is 0 Å². The van der Waals surface area contributed by atoms with Crippen LogP contribution in [0.1, 0.15) is 26.7 Å². The predicted octanol–water partition coefficient (Wildman–Crippen LogP) is 1.27. The van der Waals surface area contributed by atoms with E-state index >= 15 is 0 Å². The molecule has 0 saturated carbocycles. The molecule has 2 heterocycles. The van der Waals surface area contributed by atoms with E-state index in [2.05, 4.69) is 18.7 Å². The smallest absolute Gasteiger partial charge is 0.0707 e. The Bertz CT molecular complexity index is 172. The summed E-state index contributed by atoms with van der Waals surface area (Å²) in [5.41, 5.74) is 0. The van der Waals surface area contributed by atoms with Crippen molar-refractivity contribution in [1.82, 2.24) is 4.90 Å². The van der Waals surface area contributed by atoms with Crippen LogP contribution in [0.4, 0.5) is 0 Å². The summed E-state index contributed by atoms with van der Waals surface area (Å²) >= 11 is 0. The molecule has 2 aliphatic rings. The van der Waals surface area contributed by atoms with E-state index in [0.29, 0.717) is 18.3 Å². The summed E-state index contributed by atoms with van der Waals surface area (Å²) in [6.45, 7) is 8.31. The van der Waals surface area contributed by atoms with Gasteiger partial charge in [-0.1, -0.05) is 0 Å². The first-order valence-electron chi connectivity index (χ1n) is 5.73. The molecule has 0 aromatic carbocycles. The molecule has 0 aliphatic carbocycles. The number of ether oxygens (including phenoxy) is 2. The molecule has 0 aromatic heterocycles. The number of likely N-dealkylation sites (tertiary alicyclic amines) is 1. The van der Waals surface area contributed by atoms with Gasteiger partial charge in [-0.05, 0) is 26.7 Å². The van der Waals surface area contributed by atoms with Gasteiger partial charge in [-0.3, -0.25) is 4.90 Å². The Balaban J connectivity index is 1.67. The molecule has 0 radical (unpaired) electrons. The van der Waals surface area contributed by atoms with Crippen molar-refractivity contribution >= 4 is 0 Å².